The summed E-state index contributed by atoms with van der Waals surface area (Å²) in [6.07, 6.45) is 2.67. The number of nitrogens with zero attached hydrogens (tertiary/aromatic N) is 2. The Morgan fingerprint density at radius 3 is 2.67 bits per heavy atom. The summed E-state index contributed by atoms with van der Waals surface area (Å²) in [4.78, 5) is 8.29. The highest BCUT2D eigenvalue weighted by Gasteiger charge is 2.05. The molecule has 0 aliphatic carbocycles. The molecule has 6 heteroatoms. The minimum absolute atomic E-state index is 0.0337. The zero-order valence-electron chi connectivity index (χ0n) is 14.0. The van der Waals surface area contributed by atoms with E-state index in [1.54, 1.807) is 19.3 Å². The Balaban J connectivity index is 1.69. The maximum Gasteiger partial charge on any atom is 0.191 e. The van der Waals surface area contributed by atoms with Crippen LogP contribution >= 0.6 is 11.6 Å². The lowest BCUT2D eigenvalue weighted by atomic mass is 10.2. The van der Waals surface area contributed by atoms with Crippen molar-refractivity contribution < 1.29 is 4.74 Å². The Morgan fingerprint density at radius 1 is 1.21 bits per heavy atom. The van der Waals surface area contributed by atoms with Gasteiger partial charge in [-0.3, -0.25) is 4.99 Å². The van der Waals surface area contributed by atoms with Gasteiger partial charge in [0.15, 0.2) is 5.96 Å². The second kappa shape index (κ2) is 9.78. The summed E-state index contributed by atoms with van der Waals surface area (Å²) in [6.45, 7) is 3.45. The summed E-state index contributed by atoms with van der Waals surface area (Å²) in [5.41, 5.74) is 1.13. The molecule has 0 radical (unpaired) electrons. The smallest absolute Gasteiger partial charge is 0.191 e. The second-order valence-electron chi connectivity index (χ2n) is 5.36. The van der Waals surface area contributed by atoms with Gasteiger partial charge >= 0.3 is 0 Å². The first-order valence-corrected chi connectivity index (χ1v) is 8.32. The number of nitrogens with one attached hydrogen (secondary N) is 2. The molecule has 1 atom stereocenters. The summed E-state index contributed by atoms with van der Waals surface area (Å²) in [6, 6.07) is 13.6. The van der Waals surface area contributed by atoms with Crippen LogP contribution in [0.15, 0.2) is 53.7 Å². The maximum absolute atomic E-state index is 5.83. The lowest BCUT2D eigenvalue weighted by Gasteiger charge is -2.17. The molecule has 1 unspecified atom stereocenters. The molecule has 24 heavy (non-hydrogen) atoms. The van der Waals surface area contributed by atoms with Gasteiger partial charge in [-0.2, -0.15) is 0 Å². The molecular weight excluding hydrogens is 324 g/mol. The van der Waals surface area contributed by atoms with Crippen molar-refractivity contribution in [3.8, 4) is 5.75 Å². The van der Waals surface area contributed by atoms with Gasteiger partial charge in [0, 0.05) is 19.8 Å². The Morgan fingerprint density at radius 2 is 2.00 bits per heavy atom. The van der Waals surface area contributed by atoms with Crippen LogP contribution in [0.3, 0.4) is 0 Å². The lowest BCUT2D eigenvalue weighted by molar-refractivity contribution is 0.224. The molecule has 0 saturated carbocycles. The number of aliphatic imine (C=N–C) groups is 1. The second-order valence-corrected chi connectivity index (χ2v) is 5.75. The molecule has 2 aromatic rings. The molecule has 5 nitrogen and oxygen atoms in total. The largest absolute Gasteiger partial charge is 0.489 e. The first-order valence-electron chi connectivity index (χ1n) is 7.94. The van der Waals surface area contributed by atoms with Gasteiger partial charge in [0.25, 0.3) is 0 Å². The lowest BCUT2D eigenvalue weighted by Crippen LogP contribution is -2.42. The molecule has 1 heterocycles. The van der Waals surface area contributed by atoms with Gasteiger partial charge in [-0.1, -0.05) is 35.9 Å². The van der Waals surface area contributed by atoms with Gasteiger partial charge in [-0.05, 0) is 37.1 Å². The quantitative estimate of drug-likeness (QED) is 0.460. The molecule has 0 aliphatic rings. The van der Waals surface area contributed by atoms with Crippen molar-refractivity contribution in [2.75, 3.05) is 20.1 Å². The fourth-order valence-electron chi connectivity index (χ4n) is 2.11. The normalized spacial score (nSPS) is 12.5. The van der Waals surface area contributed by atoms with Crippen molar-refractivity contribution in [2.45, 2.75) is 19.4 Å². The molecule has 2 rings (SSSR count). The van der Waals surface area contributed by atoms with Crippen molar-refractivity contribution in [3.63, 3.8) is 0 Å². The Bertz CT molecular complexity index is 631. The molecule has 0 saturated heterocycles. The van der Waals surface area contributed by atoms with Gasteiger partial charge in [0.05, 0.1) is 6.54 Å². The number of para-hydroxylation sites is 1. The zero-order valence-corrected chi connectivity index (χ0v) is 14.8. The van der Waals surface area contributed by atoms with Crippen LogP contribution in [0.1, 0.15) is 12.5 Å². The Kier molecular flexibility index (Phi) is 7.36. The molecule has 0 amide bonds. The molecule has 0 bridgehead atoms. The van der Waals surface area contributed by atoms with E-state index in [9.17, 15) is 0 Å². The van der Waals surface area contributed by atoms with Crippen LogP contribution < -0.4 is 15.4 Å². The average molecular weight is 347 g/mol. The third-order valence-corrected chi connectivity index (χ3v) is 3.58. The van der Waals surface area contributed by atoms with Crippen molar-refractivity contribution >= 4 is 17.6 Å². The van der Waals surface area contributed by atoms with Gasteiger partial charge < -0.3 is 15.4 Å². The molecule has 1 aromatic heterocycles. The SMILES string of the molecule is CN=C(NCCc1ccc(Cl)nc1)NCC(C)Oc1ccccc1. The maximum atomic E-state index is 5.83. The van der Waals surface area contributed by atoms with Crippen molar-refractivity contribution in [1.29, 1.82) is 0 Å². The number of hydrogen-bond acceptors (Lipinski definition) is 3. The monoisotopic (exact) mass is 346 g/mol. The highest BCUT2D eigenvalue weighted by molar-refractivity contribution is 6.29. The number of benzene rings is 1. The molecule has 2 N–H and O–H groups in total. The van der Waals surface area contributed by atoms with Crippen LogP contribution in [0, 0.1) is 0 Å². The summed E-state index contributed by atoms with van der Waals surface area (Å²) >= 11 is 5.78. The number of halogens is 1. The molecular formula is C18H23ClN4O. The van der Waals surface area contributed by atoms with Crippen LogP contribution in [0.2, 0.25) is 5.15 Å². The topological polar surface area (TPSA) is 58.5 Å². The van der Waals surface area contributed by atoms with Crippen LogP contribution in [-0.4, -0.2) is 37.2 Å². The Labute approximate surface area is 148 Å². The minimum Gasteiger partial charge on any atom is -0.489 e. The van der Waals surface area contributed by atoms with E-state index in [4.69, 9.17) is 16.3 Å². The number of rotatable bonds is 7. The van der Waals surface area contributed by atoms with Crippen LogP contribution in [0.25, 0.3) is 0 Å². The van der Waals surface area contributed by atoms with E-state index in [0.29, 0.717) is 11.7 Å². The Hall–Kier alpha value is -2.27. The van der Waals surface area contributed by atoms with Crippen LogP contribution in [0.4, 0.5) is 0 Å². The summed E-state index contributed by atoms with van der Waals surface area (Å²) in [5.74, 6) is 1.62. The summed E-state index contributed by atoms with van der Waals surface area (Å²) < 4.78 is 5.83. The van der Waals surface area contributed by atoms with Crippen molar-refractivity contribution in [1.82, 2.24) is 15.6 Å². The molecule has 128 valence electrons. The van der Waals surface area contributed by atoms with Gasteiger partial charge in [-0.15, -0.1) is 0 Å². The zero-order chi connectivity index (χ0) is 17.2. The summed E-state index contributed by atoms with van der Waals surface area (Å²) in [5, 5.41) is 7.05. The predicted octanol–water partition coefficient (Wildman–Crippen LogP) is 2.91. The average Bonchev–Trinajstić information content (AvgIpc) is 2.60. The predicted molar refractivity (Wildman–Crippen MR) is 98.8 cm³/mol. The molecule has 0 spiro atoms. The van der Waals surface area contributed by atoms with E-state index in [-0.39, 0.29) is 6.10 Å². The first kappa shape index (κ1) is 18.1. The van der Waals surface area contributed by atoms with Crippen LogP contribution in [-0.2, 0) is 6.42 Å². The van der Waals surface area contributed by atoms with E-state index in [0.717, 1.165) is 30.2 Å². The van der Waals surface area contributed by atoms with Gasteiger partial charge in [0.1, 0.15) is 17.0 Å². The van der Waals surface area contributed by atoms with Gasteiger partial charge in [-0.25, -0.2) is 4.98 Å². The third kappa shape index (κ3) is 6.46. The van der Waals surface area contributed by atoms with Crippen LogP contribution in [0.5, 0.6) is 5.75 Å². The van der Waals surface area contributed by atoms with Crippen molar-refractivity contribution in [3.05, 3.63) is 59.4 Å². The standard InChI is InChI=1S/C18H23ClN4O/c1-14(24-16-6-4-3-5-7-16)12-23-18(20-2)21-11-10-15-8-9-17(19)22-13-15/h3-9,13-14H,10-12H2,1-2H3,(H2,20,21,23). The molecule has 0 aliphatic heterocycles. The van der Waals surface area contributed by atoms with Crippen molar-refractivity contribution in [2.24, 2.45) is 4.99 Å². The van der Waals surface area contributed by atoms with E-state index in [1.165, 1.54) is 0 Å². The highest BCUT2D eigenvalue weighted by Crippen LogP contribution is 2.10. The van der Waals surface area contributed by atoms with Gasteiger partial charge in [0.2, 0.25) is 0 Å². The first-order chi connectivity index (χ1) is 11.7. The number of guanidine groups is 1. The fourth-order valence-corrected chi connectivity index (χ4v) is 2.23. The van der Waals surface area contributed by atoms with E-state index < -0.39 is 0 Å². The minimum atomic E-state index is 0.0337. The highest BCUT2D eigenvalue weighted by atomic mass is 35.5. The number of pyridine rings is 1. The number of ether oxygens (including phenoxy) is 1. The van der Waals surface area contributed by atoms with E-state index in [2.05, 4.69) is 20.6 Å². The molecule has 0 fully saturated rings. The summed E-state index contributed by atoms with van der Waals surface area (Å²) in [7, 11) is 1.75. The third-order valence-electron chi connectivity index (χ3n) is 3.36. The number of hydrogen-bond donors (Lipinski definition) is 2. The number of aromatic nitrogens is 1. The van der Waals surface area contributed by atoms with E-state index in [1.807, 2.05) is 43.3 Å². The molecule has 1 aromatic carbocycles. The van der Waals surface area contributed by atoms with E-state index >= 15 is 0 Å². The fraction of sp³-hybridized carbons (Fsp3) is 0.333.